The summed E-state index contributed by atoms with van der Waals surface area (Å²) in [5.74, 6) is 2.59. The maximum atomic E-state index is 12.7. The van der Waals surface area contributed by atoms with Crippen molar-refractivity contribution < 1.29 is 4.79 Å². The lowest BCUT2D eigenvalue weighted by molar-refractivity contribution is -0.129. The van der Waals surface area contributed by atoms with Gasteiger partial charge in [0.05, 0.1) is 12.5 Å². The van der Waals surface area contributed by atoms with Gasteiger partial charge in [-0.15, -0.1) is 10.2 Å². The third-order valence-electron chi connectivity index (χ3n) is 5.45. The molecule has 0 spiro atoms. The van der Waals surface area contributed by atoms with Crippen molar-refractivity contribution in [3.8, 4) is 11.4 Å². The molecule has 0 radical (unpaired) electrons. The van der Waals surface area contributed by atoms with Crippen LogP contribution < -0.4 is 0 Å². The van der Waals surface area contributed by atoms with Crippen molar-refractivity contribution in [2.45, 2.75) is 25.3 Å². The topological polar surface area (TPSA) is 63.9 Å². The number of likely N-dealkylation sites (tertiary alicyclic amines) is 1. The van der Waals surface area contributed by atoms with Gasteiger partial charge in [0.15, 0.2) is 5.82 Å². The van der Waals surface area contributed by atoms with Gasteiger partial charge in [-0.1, -0.05) is 0 Å². The Hall–Kier alpha value is -2.54. The summed E-state index contributed by atoms with van der Waals surface area (Å²) in [6.07, 6.45) is 6.07. The Balaban J connectivity index is 1.42. The fraction of sp³-hybridized carbons (Fsp3) is 0.368. The standard InChI is InChI=1S/C19H19N5OS/c25-18(8-13-5-7-26-12-13)23-10-15-3-4-17-21-22-19(24(17)16(15)11-23)14-2-1-6-20-9-14/h1-2,5-7,9,12,15-16H,3-4,8,10-11H2/t15-,16+/m1/s1. The van der Waals surface area contributed by atoms with Gasteiger partial charge in [-0.05, 0) is 46.9 Å². The Labute approximate surface area is 155 Å². The van der Waals surface area contributed by atoms with E-state index in [1.165, 1.54) is 0 Å². The van der Waals surface area contributed by atoms with Crippen molar-refractivity contribution in [3.63, 3.8) is 0 Å². The lowest BCUT2D eigenvalue weighted by Gasteiger charge is -2.27. The average molecular weight is 365 g/mol. The summed E-state index contributed by atoms with van der Waals surface area (Å²) in [4.78, 5) is 19.0. The molecule has 0 saturated carbocycles. The minimum absolute atomic E-state index is 0.218. The Bertz CT molecular complexity index is 921. The van der Waals surface area contributed by atoms with E-state index in [9.17, 15) is 4.79 Å². The molecule has 0 unspecified atom stereocenters. The lowest BCUT2D eigenvalue weighted by Crippen LogP contribution is -2.30. The number of aromatic nitrogens is 4. The summed E-state index contributed by atoms with van der Waals surface area (Å²) in [5.41, 5.74) is 2.09. The number of hydrogen-bond acceptors (Lipinski definition) is 5. The first-order chi connectivity index (χ1) is 12.8. The molecule has 6 nitrogen and oxygen atoms in total. The van der Waals surface area contributed by atoms with E-state index in [-0.39, 0.29) is 11.9 Å². The third-order valence-corrected chi connectivity index (χ3v) is 6.18. The van der Waals surface area contributed by atoms with Crippen LogP contribution in [0.5, 0.6) is 0 Å². The van der Waals surface area contributed by atoms with Crippen molar-refractivity contribution in [1.29, 1.82) is 0 Å². The van der Waals surface area contributed by atoms with Crippen molar-refractivity contribution in [3.05, 3.63) is 52.7 Å². The van der Waals surface area contributed by atoms with Crippen LogP contribution in [-0.4, -0.2) is 43.6 Å². The molecular weight excluding hydrogens is 346 g/mol. The van der Waals surface area contributed by atoms with Gasteiger partial charge in [-0.2, -0.15) is 11.3 Å². The molecule has 0 aromatic carbocycles. The van der Waals surface area contributed by atoms with E-state index in [1.54, 1.807) is 17.5 Å². The SMILES string of the molecule is O=C(Cc1ccsc1)N1C[C@H]2CCc3nnc(-c4cccnc4)n3[C@H]2C1. The number of carbonyl (C=O) groups is 1. The molecule has 5 rings (SSSR count). The number of hydrogen-bond donors (Lipinski definition) is 0. The second-order valence-electron chi connectivity index (χ2n) is 7.02. The molecule has 0 N–H and O–H groups in total. The fourth-order valence-corrected chi connectivity index (χ4v) is 4.83. The summed E-state index contributed by atoms with van der Waals surface area (Å²) in [7, 11) is 0. The first kappa shape index (κ1) is 15.7. The van der Waals surface area contributed by atoms with Crippen LogP contribution in [0.2, 0.25) is 0 Å². The third kappa shape index (κ3) is 2.63. The van der Waals surface area contributed by atoms with Crippen molar-refractivity contribution >= 4 is 17.2 Å². The average Bonchev–Trinajstić information content (AvgIpc) is 3.40. The Morgan fingerprint density at radius 2 is 2.23 bits per heavy atom. The van der Waals surface area contributed by atoms with Crippen LogP contribution >= 0.6 is 11.3 Å². The molecule has 3 aromatic heterocycles. The minimum Gasteiger partial charge on any atom is -0.340 e. The smallest absolute Gasteiger partial charge is 0.227 e. The molecule has 1 fully saturated rings. The van der Waals surface area contributed by atoms with E-state index < -0.39 is 0 Å². The lowest BCUT2D eigenvalue weighted by atomic mass is 9.93. The normalized spacial score (nSPS) is 21.5. The van der Waals surface area contributed by atoms with Crippen LogP contribution in [0.1, 0.15) is 23.9 Å². The van der Waals surface area contributed by atoms with E-state index in [4.69, 9.17) is 0 Å². The van der Waals surface area contributed by atoms with Gasteiger partial charge in [-0.25, -0.2) is 0 Å². The number of fused-ring (bicyclic) bond motifs is 3. The molecule has 2 aliphatic rings. The van der Waals surface area contributed by atoms with Gasteiger partial charge in [0.25, 0.3) is 0 Å². The number of rotatable bonds is 3. The summed E-state index contributed by atoms with van der Waals surface area (Å²) in [6.45, 7) is 1.57. The zero-order valence-electron chi connectivity index (χ0n) is 14.3. The predicted molar refractivity (Wildman–Crippen MR) is 98.7 cm³/mol. The van der Waals surface area contributed by atoms with Gasteiger partial charge in [0.1, 0.15) is 5.82 Å². The molecule has 1 amide bonds. The van der Waals surface area contributed by atoms with Crippen LogP contribution in [0.15, 0.2) is 41.4 Å². The highest BCUT2D eigenvalue weighted by Gasteiger charge is 2.41. The molecule has 2 atom stereocenters. The fourth-order valence-electron chi connectivity index (χ4n) is 4.16. The number of aryl methyl sites for hydroxylation is 1. The van der Waals surface area contributed by atoms with Crippen LogP contribution in [0.25, 0.3) is 11.4 Å². The van der Waals surface area contributed by atoms with E-state index in [0.29, 0.717) is 12.3 Å². The molecule has 0 aliphatic carbocycles. The summed E-state index contributed by atoms with van der Waals surface area (Å²) in [5, 5.41) is 12.9. The highest BCUT2D eigenvalue weighted by molar-refractivity contribution is 7.08. The minimum atomic E-state index is 0.218. The number of thiophene rings is 1. The zero-order chi connectivity index (χ0) is 17.5. The number of pyridine rings is 1. The van der Waals surface area contributed by atoms with Crippen LogP contribution in [0.3, 0.4) is 0 Å². The monoisotopic (exact) mass is 365 g/mol. The van der Waals surface area contributed by atoms with Crippen LogP contribution in [-0.2, 0) is 17.6 Å². The Morgan fingerprint density at radius 3 is 3.04 bits per heavy atom. The molecule has 7 heteroatoms. The van der Waals surface area contributed by atoms with E-state index in [2.05, 4.69) is 25.1 Å². The first-order valence-corrected chi connectivity index (χ1v) is 9.87. The number of carbonyl (C=O) groups excluding carboxylic acids is 1. The summed E-state index contributed by atoms with van der Waals surface area (Å²) < 4.78 is 2.25. The molecule has 3 aromatic rings. The van der Waals surface area contributed by atoms with Gasteiger partial charge >= 0.3 is 0 Å². The van der Waals surface area contributed by atoms with Crippen LogP contribution in [0.4, 0.5) is 0 Å². The predicted octanol–water partition coefficient (Wildman–Crippen LogP) is 2.59. The molecule has 0 bridgehead atoms. The van der Waals surface area contributed by atoms with Gasteiger partial charge in [0, 0.05) is 37.5 Å². The molecule has 26 heavy (non-hydrogen) atoms. The van der Waals surface area contributed by atoms with Crippen molar-refractivity contribution in [1.82, 2.24) is 24.6 Å². The molecule has 2 aliphatic heterocycles. The highest BCUT2D eigenvalue weighted by atomic mass is 32.1. The van der Waals surface area contributed by atoms with E-state index in [0.717, 1.165) is 48.7 Å². The zero-order valence-corrected chi connectivity index (χ0v) is 15.1. The van der Waals surface area contributed by atoms with Crippen molar-refractivity contribution in [2.75, 3.05) is 13.1 Å². The van der Waals surface area contributed by atoms with Gasteiger partial charge in [0.2, 0.25) is 5.91 Å². The summed E-state index contributed by atoms with van der Waals surface area (Å²) in [6, 6.07) is 6.23. The summed E-state index contributed by atoms with van der Waals surface area (Å²) >= 11 is 1.64. The molecule has 5 heterocycles. The largest absolute Gasteiger partial charge is 0.340 e. The molecule has 1 saturated heterocycles. The number of nitrogens with zero attached hydrogens (tertiary/aromatic N) is 5. The van der Waals surface area contributed by atoms with Gasteiger partial charge in [-0.3, -0.25) is 9.78 Å². The van der Waals surface area contributed by atoms with Crippen molar-refractivity contribution in [2.24, 2.45) is 5.92 Å². The molecular formula is C19H19N5OS. The van der Waals surface area contributed by atoms with Gasteiger partial charge < -0.3 is 9.47 Å². The quantitative estimate of drug-likeness (QED) is 0.716. The highest BCUT2D eigenvalue weighted by Crippen LogP contribution is 2.39. The van der Waals surface area contributed by atoms with E-state index in [1.807, 2.05) is 34.7 Å². The van der Waals surface area contributed by atoms with E-state index >= 15 is 0 Å². The number of amides is 1. The van der Waals surface area contributed by atoms with Crippen LogP contribution in [0, 0.1) is 5.92 Å². The Kier molecular flexibility index (Phi) is 3.81. The Morgan fingerprint density at radius 1 is 1.27 bits per heavy atom. The maximum Gasteiger partial charge on any atom is 0.227 e. The molecule has 132 valence electrons. The maximum absolute atomic E-state index is 12.7. The first-order valence-electron chi connectivity index (χ1n) is 8.92. The second-order valence-corrected chi connectivity index (χ2v) is 7.80. The second kappa shape index (κ2) is 6.32.